The van der Waals surface area contributed by atoms with Gasteiger partial charge in [-0.3, -0.25) is 0 Å². The summed E-state index contributed by atoms with van der Waals surface area (Å²) in [7, 11) is 0. The molecule has 1 aromatic rings. The Bertz CT molecular complexity index is 326. The van der Waals surface area contributed by atoms with E-state index in [0.717, 1.165) is 5.92 Å². The Balaban J connectivity index is 1.67. The van der Waals surface area contributed by atoms with Crippen LogP contribution in [-0.2, 0) is 6.42 Å². The first-order valence-corrected chi connectivity index (χ1v) is 5.73. The minimum Gasteiger partial charge on any atom is -0.303 e. The van der Waals surface area contributed by atoms with Crippen molar-refractivity contribution in [3.05, 3.63) is 35.4 Å². The Morgan fingerprint density at radius 3 is 2.71 bits per heavy atom. The molecule has 0 aromatic heterocycles. The van der Waals surface area contributed by atoms with Crippen molar-refractivity contribution in [2.75, 3.05) is 19.6 Å². The molecular weight excluding hydrogens is 170 g/mol. The molecule has 14 heavy (non-hydrogen) atoms. The maximum Gasteiger partial charge on any atom is 0.00536 e. The first-order valence-electron chi connectivity index (χ1n) is 5.73. The average Bonchev–Trinajstić information content (AvgIpc) is 2.67. The molecule has 1 atom stereocenters. The second-order valence-corrected chi connectivity index (χ2v) is 4.61. The Morgan fingerprint density at radius 1 is 1.14 bits per heavy atom. The van der Waals surface area contributed by atoms with Crippen LogP contribution in [0.15, 0.2) is 24.3 Å². The standard InChI is InChI=1S/C13H17N/c1-2-6-13-11(5-1)9-12(13)10-14-7-3-4-8-14/h1-2,5-6,12H,3-4,7-10H2. The van der Waals surface area contributed by atoms with Gasteiger partial charge in [-0.25, -0.2) is 0 Å². The third-order valence-corrected chi connectivity index (χ3v) is 3.64. The normalized spacial score (nSPS) is 25.9. The van der Waals surface area contributed by atoms with E-state index in [1.807, 2.05) is 0 Å². The van der Waals surface area contributed by atoms with E-state index >= 15 is 0 Å². The Kier molecular flexibility index (Phi) is 2.06. The highest BCUT2D eigenvalue weighted by Crippen LogP contribution is 2.35. The molecule has 1 nitrogen and oxygen atoms in total. The van der Waals surface area contributed by atoms with Gasteiger partial charge in [0.2, 0.25) is 0 Å². The van der Waals surface area contributed by atoms with Crippen molar-refractivity contribution >= 4 is 0 Å². The van der Waals surface area contributed by atoms with E-state index < -0.39 is 0 Å². The molecule has 0 saturated carbocycles. The highest BCUT2D eigenvalue weighted by molar-refractivity contribution is 5.40. The molecule has 0 spiro atoms. The van der Waals surface area contributed by atoms with Crippen molar-refractivity contribution in [1.29, 1.82) is 0 Å². The SMILES string of the molecule is c1ccc2c(c1)CC2CN1CCCC1. The first-order chi connectivity index (χ1) is 6.93. The van der Waals surface area contributed by atoms with Crippen LogP contribution in [0.5, 0.6) is 0 Å². The predicted octanol–water partition coefficient (Wildman–Crippen LogP) is 2.42. The molecule has 74 valence electrons. The van der Waals surface area contributed by atoms with Gasteiger partial charge in [0.1, 0.15) is 0 Å². The van der Waals surface area contributed by atoms with Gasteiger partial charge < -0.3 is 4.90 Å². The van der Waals surface area contributed by atoms with Gasteiger partial charge in [0.05, 0.1) is 0 Å². The molecule has 1 fully saturated rings. The van der Waals surface area contributed by atoms with E-state index in [0.29, 0.717) is 0 Å². The summed E-state index contributed by atoms with van der Waals surface area (Å²) in [6, 6.07) is 8.91. The second kappa shape index (κ2) is 3.39. The van der Waals surface area contributed by atoms with Gasteiger partial charge in [-0.1, -0.05) is 24.3 Å². The van der Waals surface area contributed by atoms with Crippen LogP contribution < -0.4 is 0 Å². The highest BCUT2D eigenvalue weighted by Gasteiger charge is 2.27. The minimum atomic E-state index is 0.837. The van der Waals surface area contributed by atoms with Crippen molar-refractivity contribution in [3.63, 3.8) is 0 Å². The summed E-state index contributed by atoms with van der Waals surface area (Å²) >= 11 is 0. The quantitative estimate of drug-likeness (QED) is 0.687. The van der Waals surface area contributed by atoms with Gasteiger partial charge >= 0.3 is 0 Å². The molecule has 0 bridgehead atoms. The number of fused-ring (bicyclic) bond motifs is 1. The fraction of sp³-hybridized carbons (Fsp3) is 0.538. The molecule has 1 heteroatoms. The van der Waals surface area contributed by atoms with Crippen LogP contribution in [0.4, 0.5) is 0 Å². The largest absolute Gasteiger partial charge is 0.303 e. The van der Waals surface area contributed by atoms with Crippen molar-refractivity contribution in [2.45, 2.75) is 25.2 Å². The lowest BCUT2D eigenvalue weighted by Crippen LogP contribution is -2.31. The lowest BCUT2D eigenvalue weighted by molar-refractivity contribution is 0.301. The summed E-state index contributed by atoms with van der Waals surface area (Å²) in [5.41, 5.74) is 3.19. The van der Waals surface area contributed by atoms with E-state index in [-0.39, 0.29) is 0 Å². The molecule has 1 aliphatic heterocycles. The number of likely N-dealkylation sites (tertiary alicyclic amines) is 1. The Morgan fingerprint density at radius 2 is 1.93 bits per heavy atom. The number of hydrogen-bond acceptors (Lipinski definition) is 1. The number of rotatable bonds is 2. The van der Waals surface area contributed by atoms with E-state index in [2.05, 4.69) is 29.2 Å². The zero-order valence-corrected chi connectivity index (χ0v) is 8.58. The Hall–Kier alpha value is -0.820. The van der Waals surface area contributed by atoms with Gasteiger partial charge in [-0.2, -0.15) is 0 Å². The van der Waals surface area contributed by atoms with Crippen LogP contribution in [-0.4, -0.2) is 24.5 Å². The van der Waals surface area contributed by atoms with E-state index in [4.69, 9.17) is 0 Å². The molecule has 1 aromatic carbocycles. The monoisotopic (exact) mass is 187 g/mol. The van der Waals surface area contributed by atoms with Crippen molar-refractivity contribution in [3.8, 4) is 0 Å². The van der Waals surface area contributed by atoms with Crippen LogP contribution in [0, 0.1) is 0 Å². The van der Waals surface area contributed by atoms with Crippen LogP contribution in [0.1, 0.15) is 29.9 Å². The number of benzene rings is 1. The maximum atomic E-state index is 2.63. The third kappa shape index (κ3) is 1.36. The molecule has 0 N–H and O–H groups in total. The van der Waals surface area contributed by atoms with Crippen molar-refractivity contribution in [1.82, 2.24) is 4.90 Å². The number of hydrogen-bond donors (Lipinski definition) is 0. The fourth-order valence-electron chi connectivity index (χ4n) is 2.80. The summed E-state index contributed by atoms with van der Waals surface area (Å²) in [4.78, 5) is 2.63. The maximum absolute atomic E-state index is 2.63. The predicted molar refractivity (Wildman–Crippen MR) is 58.6 cm³/mol. The molecule has 0 radical (unpaired) electrons. The molecular formula is C13H17N. The zero-order chi connectivity index (χ0) is 9.38. The Labute approximate surface area is 85.7 Å². The van der Waals surface area contributed by atoms with E-state index in [1.165, 1.54) is 38.9 Å². The summed E-state index contributed by atoms with van der Waals surface area (Å²) in [5, 5.41) is 0. The summed E-state index contributed by atoms with van der Waals surface area (Å²) < 4.78 is 0. The lowest BCUT2D eigenvalue weighted by Gasteiger charge is -2.33. The minimum absolute atomic E-state index is 0.837. The van der Waals surface area contributed by atoms with Crippen LogP contribution >= 0.6 is 0 Å². The smallest absolute Gasteiger partial charge is 0.00536 e. The van der Waals surface area contributed by atoms with Gasteiger partial charge in [0.25, 0.3) is 0 Å². The van der Waals surface area contributed by atoms with E-state index in [1.54, 1.807) is 11.1 Å². The lowest BCUT2D eigenvalue weighted by atomic mass is 9.77. The first kappa shape index (κ1) is 8.49. The molecule has 1 unspecified atom stereocenters. The van der Waals surface area contributed by atoms with Crippen molar-refractivity contribution in [2.24, 2.45) is 0 Å². The fourth-order valence-corrected chi connectivity index (χ4v) is 2.80. The van der Waals surface area contributed by atoms with Crippen LogP contribution in [0.3, 0.4) is 0 Å². The van der Waals surface area contributed by atoms with Gasteiger partial charge in [0, 0.05) is 12.5 Å². The second-order valence-electron chi connectivity index (χ2n) is 4.61. The molecule has 1 aliphatic carbocycles. The zero-order valence-electron chi connectivity index (χ0n) is 8.58. The van der Waals surface area contributed by atoms with Gasteiger partial charge in [0.15, 0.2) is 0 Å². The average molecular weight is 187 g/mol. The molecule has 0 amide bonds. The van der Waals surface area contributed by atoms with Gasteiger partial charge in [-0.15, -0.1) is 0 Å². The summed E-state index contributed by atoms with van der Waals surface area (Å²) in [5.74, 6) is 0.837. The molecule has 1 heterocycles. The van der Waals surface area contributed by atoms with Crippen LogP contribution in [0.2, 0.25) is 0 Å². The molecule has 2 aliphatic rings. The van der Waals surface area contributed by atoms with Crippen LogP contribution in [0.25, 0.3) is 0 Å². The van der Waals surface area contributed by atoms with E-state index in [9.17, 15) is 0 Å². The highest BCUT2D eigenvalue weighted by atomic mass is 15.1. The summed E-state index contributed by atoms with van der Waals surface area (Å²) in [6.45, 7) is 3.97. The van der Waals surface area contributed by atoms with Gasteiger partial charge in [-0.05, 0) is 43.5 Å². The topological polar surface area (TPSA) is 3.24 Å². The number of nitrogens with zero attached hydrogens (tertiary/aromatic N) is 1. The van der Waals surface area contributed by atoms with Crippen molar-refractivity contribution < 1.29 is 0 Å². The molecule has 1 saturated heterocycles. The molecule has 3 rings (SSSR count). The third-order valence-electron chi connectivity index (χ3n) is 3.64. The summed E-state index contributed by atoms with van der Waals surface area (Å²) in [6.07, 6.45) is 4.13.